The number of ether oxygens (including phenoxy) is 2. The Morgan fingerprint density at radius 2 is 0.958 bits per heavy atom. The molecule has 0 aliphatic rings. The van der Waals surface area contributed by atoms with Crippen LogP contribution >= 0.6 is 23.2 Å². The van der Waals surface area contributed by atoms with E-state index in [0.29, 0.717) is 11.1 Å². The highest BCUT2D eigenvalue weighted by molar-refractivity contribution is 6.65. The summed E-state index contributed by atoms with van der Waals surface area (Å²) in [7, 11) is 2.57. The molecule has 2 aromatic carbocycles. The zero-order valence-corrected chi connectivity index (χ0v) is 14.5. The maximum absolute atomic E-state index is 11.9. The lowest BCUT2D eigenvalue weighted by Crippen LogP contribution is -2.06. The van der Waals surface area contributed by atoms with Crippen molar-refractivity contribution in [3.63, 3.8) is 0 Å². The number of benzene rings is 2. The van der Waals surface area contributed by atoms with Crippen LogP contribution in [0.1, 0.15) is 31.8 Å². The van der Waals surface area contributed by atoms with Gasteiger partial charge in [0.15, 0.2) is 0 Å². The van der Waals surface area contributed by atoms with Gasteiger partial charge in [-0.1, -0.05) is 59.6 Å². The maximum atomic E-state index is 11.9. The van der Waals surface area contributed by atoms with Crippen LogP contribution < -0.4 is 0 Å². The SMILES string of the molecule is COC(=O)c1ccccc1C(Cl)=C(Cl)c1ccccc1C(=O)OC. The van der Waals surface area contributed by atoms with Gasteiger partial charge < -0.3 is 9.47 Å². The molecule has 0 bridgehead atoms. The van der Waals surface area contributed by atoms with E-state index in [4.69, 9.17) is 32.7 Å². The molecule has 0 radical (unpaired) electrons. The minimum Gasteiger partial charge on any atom is -0.465 e. The summed E-state index contributed by atoms with van der Waals surface area (Å²) in [4.78, 5) is 23.8. The van der Waals surface area contributed by atoms with Crippen molar-refractivity contribution in [3.8, 4) is 0 Å². The lowest BCUT2D eigenvalue weighted by atomic mass is 10.0. The van der Waals surface area contributed by atoms with Crippen LogP contribution in [0.3, 0.4) is 0 Å². The average Bonchev–Trinajstić information content (AvgIpc) is 2.65. The molecule has 124 valence electrons. The first-order chi connectivity index (χ1) is 11.5. The van der Waals surface area contributed by atoms with E-state index in [1.54, 1.807) is 48.5 Å². The topological polar surface area (TPSA) is 52.6 Å². The maximum Gasteiger partial charge on any atom is 0.338 e. The fourth-order valence-electron chi connectivity index (χ4n) is 2.16. The number of esters is 2. The summed E-state index contributed by atoms with van der Waals surface area (Å²) < 4.78 is 9.51. The molecule has 0 aliphatic carbocycles. The Balaban J connectivity index is 2.62. The molecule has 0 N–H and O–H groups in total. The van der Waals surface area contributed by atoms with E-state index in [9.17, 15) is 9.59 Å². The van der Waals surface area contributed by atoms with Crippen LogP contribution in [0.15, 0.2) is 48.5 Å². The van der Waals surface area contributed by atoms with E-state index in [-0.39, 0.29) is 21.2 Å². The lowest BCUT2D eigenvalue weighted by molar-refractivity contribution is 0.0591. The van der Waals surface area contributed by atoms with Gasteiger partial charge in [-0.15, -0.1) is 0 Å². The summed E-state index contributed by atoms with van der Waals surface area (Å²) in [5.74, 6) is -1.07. The fourth-order valence-corrected chi connectivity index (χ4v) is 2.69. The second-order valence-electron chi connectivity index (χ2n) is 4.70. The summed E-state index contributed by atoms with van der Waals surface area (Å²) in [6.07, 6.45) is 0. The van der Waals surface area contributed by atoms with Crippen molar-refractivity contribution in [2.75, 3.05) is 14.2 Å². The number of methoxy groups -OCH3 is 2. The molecule has 0 heterocycles. The average molecular weight is 365 g/mol. The van der Waals surface area contributed by atoms with E-state index in [0.717, 1.165) is 0 Å². The van der Waals surface area contributed by atoms with E-state index in [2.05, 4.69) is 0 Å². The van der Waals surface area contributed by atoms with Crippen molar-refractivity contribution in [3.05, 3.63) is 70.8 Å². The second kappa shape index (κ2) is 7.99. The van der Waals surface area contributed by atoms with Gasteiger partial charge in [0.05, 0.1) is 35.4 Å². The normalized spacial score (nSPS) is 11.5. The summed E-state index contributed by atoms with van der Waals surface area (Å²) in [6, 6.07) is 13.3. The van der Waals surface area contributed by atoms with Crippen LogP contribution in [0.25, 0.3) is 10.1 Å². The number of hydrogen-bond acceptors (Lipinski definition) is 4. The van der Waals surface area contributed by atoms with Crippen molar-refractivity contribution >= 4 is 45.2 Å². The standard InChI is InChI=1S/C18H14Cl2O4/c1-23-17(21)13-9-5-3-7-11(13)15(19)16(20)12-8-4-6-10-14(12)18(22)24-2/h3-10H,1-2H3. The Morgan fingerprint density at radius 3 is 1.25 bits per heavy atom. The first-order valence-corrected chi connectivity index (χ1v) is 7.67. The molecule has 24 heavy (non-hydrogen) atoms. The van der Waals surface area contributed by atoms with Gasteiger partial charge in [-0.3, -0.25) is 0 Å². The van der Waals surface area contributed by atoms with E-state index < -0.39 is 11.9 Å². The number of hydrogen-bond donors (Lipinski definition) is 0. The number of carbonyl (C=O) groups is 2. The highest BCUT2D eigenvalue weighted by atomic mass is 35.5. The fraction of sp³-hybridized carbons (Fsp3) is 0.111. The summed E-state index contributed by atoms with van der Waals surface area (Å²) in [5.41, 5.74) is 1.38. The summed E-state index contributed by atoms with van der Waals surface area (Å²) in [6.45, 7) is 0. The second-order valence-corrected chi connectivity index (χ2v) is 5.46. The van der Waals surface area contributed by atoms with Crippen LogP contribution in [-0.2, 0) is 9.47 Å². The lowest BCUT2D eigenvalue weighted by Gasteiger charge is -2.11. The van der Waals surface area contributed by atoms with Crippen molar-refractivity contribution in [2.45, 2.75) is 0 Å². The van der Waals surface area contributed by atoms with Crippen molar-refractivity contribution in [2.24, 2.45) is 0 Å². The summed E-state index contributed by atoms with van der Waals surface area (Å²) in [5, 5.41) is 0.267. The molecule has 0 aliphatic heterocycles. The van der Waals surface area contributed by atoms with Crippen molar-refractivity contribution in [1.29, 1.82) is 0 Å². The Bertz CT molecular complexity index is 745. The Labute approximate surface area is 149 Å². The zero-order valence-electron chi connectivity index (χ0n) is 13.0. The first kappa shape index (κ1) is 18.0. The molecule has 0 fully saturated rings. The van der Waals surface area contributed by atoms with Crippen molar-refractivity contribution in [1.82, 2.24) is 0 Å². The summed E-state index contributed by atoms with van der Waals surface area (Å²) >= 11 is 12.8. The third-order valence-electron chi connectivity index (χ3n) is 3.33. The van der Waals surface area contributed by atoms with E-state index in [1.807, 2.05) is 0 Å². The molecule has 4 nitrogen and oxygen atoms in total. The third kappa shape index (κ3) is 3.61. The molecule has 0 atom stereocenters. The highest BCUT2D eigenvalue weighted by Gasteiger charge is 2.20. The predicted molar refractivity (Wildman–Crippen MR) is 94.1 cm³/mol. The molecule has 0 amide bonds. The van der Waals surface area contributed by atoms with Crippen molar-refractivity contribution < 1.29 is 19.1 Å². The number of carbonyl (C=O) groups excluding carboxylic acids is 2. The molecule has 0 saturated carbocycles. The van der Waals surface area contributed by atoms with E-state index >= 15 is 0 Å². The van der Waals surface area contributed by atoms with Crippen LogP contribution in [0, 0.1) is 0 Å². The van der Waals surface area contributed by atoms with Gasteiger partial charge in [0.1, 0.15) is 0 Å². The van der Waals surface area contributed by atoms with Gasteiger partial charge in [0.2, 0.25) is 0 Å². The van der Waals surface area contributed by atoms with Crippen LogP contribution in [-0.4, -0.2) is 26.2 Å². The minimum atomic E-state index is -0.533. The molecule has 0 aromatic heterocycles. The molecule has 6 heteroatoms. The Kier molecular flexibility index (Phi) is 6.01. The van der Waals surface area contributed by atoms with Gasteiger partial charge in [-0.2, -0.15) is 0 Å². The molecule has 0 unspecified atom stereocenters. The van der Waals surface area contributed by atoms with Crippen LogP contribution in [0.2, 0.25) is 0 Å². The van der Waals surface area contributed by atoms with Gasteiger partial charge >= 0.3 is 11.9 Å². The van der Waals surface area contributed by atoms with Gasteiger partial charge in [-0.25, -0.2) is 9.59 Å². The first-order valence-electron chi connectivity index (χ1n) is 6.92. The molecular formula is C18H14Cl2O4. The Morgan fingerprint density at radius 1 is 0.667 bits per heavy atom. The number of rotatable bonds is 4. The number of halogens is 2. The molecule has 0 spiro atoms. The van der Waals surface area contributed by atoms with Crippen LogP contribution in [0.5, 0.6) is 0 Å². The molecule has 2 rings (SSSR count). The Hall–Kier alpha value is -2.30. The third-order valence-corrected chi connectivity index (χ3v) is 4.21. The smallest absolute Gasteiger partial charge is 0.338 e. The molecule has 0 saturated heterocycles. The van der Waals surface area contributed by atoms with Crippen LogP contribution in [0.4, 0.5) is 0 Å². The predicted octanol–water partition coefficient (Wildman–Crippen LogP) is 4.56. The monoisotopic (exact) mass is 364 g/mol. The quantitative estimate of drug-likeness (QED) is 0.589. The molecular weight excluding hydrogens is 351 g/mol. The zero-order chi connectivity index (χ0) is 17.7. The van der Waals surface area contributed by atoms with Gasteiger partial charge in [0, 0.05) is 11.1 Å². The highest BCUT2D eigenvalue weighted by Crippen LogP contribution is 2.36. The van der Waals surface area contributed by atoms with Gasteiger partial charge in [0.25, 0.3) is 0 Å². The minimum absolute atomic E-state index is 0.133. The van der Waals surface area contributed by atoms with E-state index in [1.165, 1.54) is 14.2 Å². The molecule has 2 aromatic rings. The van der Waals surface area contributed by atoms with Gasteiger partial charge in [-0.05, 0) is 12.1 Å². The largest absolute Gasteiger partial charge is 0.465 e.